The second-order valence-electron chi connectivity index (χ2n) is 8.66. The highest BCUT2D eigenvalue weighted by molar-refractivity contribution is 6.03. The molecule has 33 heavy (non-hydrogen) atoms. The summed E-state index contributed by atoms with van der Waals surface area (Å²) in [5.41, 5.74) is 3.74. The number of esters is 1. The van der Waals surface area contributed by atoms with E-state index < -0.39 is 6.04 Å². The molecule has 6 nitrogen and oxygen atoms in total. The summed E-state index contributed by atoms with van der Waals surface area (Å²) >= 11 is 0. The number of piperidine rings is 1. The predicted octanol–water partition coefficient (Wildman–Crippen LogP) is 4.23. The number of hydrogen-bond acceptors (Lipinski definition) is 5. The fourth-order valence-corrected chi connectivity index (χ4v) is 4.62. The zero-order valence-electron chi connectivity index (χ0n) is 19.2. The summed E-state index contributed by atoms with van der Waals surface area (Å²) < 4.78 is 18.8. The minimum atomic E-state index is -0.408. The van der Waals surface area contributed by atoms with Crippen LogP contribution in [0.3, 0.4) is 0 Å². The topological polar surface area (TPSA) is 62.2 Å². The van der Waals surface area contributed by atoms with E-state index in [0.717, 1.165) is 35.2 Å². The van der Waals surface area contributed by atoms with Crippen molar-refractivity contribution in [3.63, 3.8) is 0 Å². The summed E-state index contributed by atoms with van der Waals surface area (Å²) in [4.78, 5) is 27.8. The second kappa shape index (κ2) is 10.3. The van der Waals surface area contributed by atoms with Crippen LogP contribution in [0, 0.1) is 12.7 Å². The highest BCUT2D eigenvalue weighted by Gasteiger charge is 2.37. The lowest BCUT2D eigenvalue weighted by Gasteiger charge is -2.34. The van der Waals surface area contributed by atoms with Crippen LogP contribution in [0.15, 0.2) is 53.6 Å². The monoisotopic (exact) mass is 451 g/mol. The molecule has 0 radical (unpaired) electrons. The molecule has 2 unspecified atom stereocenters. The van der Waals surface area contributed by atoms with Crippen molar-refractivity contribution >= 4 is 17.6 Å². The van der Waals surface area contributed by atoms with Crippen LogP contribution < -0.4 is 0 Å². The van der Waals surface area contributed by atoms with Crippen LogP contribution in [0.1, 0.15) is 55.3 Å². The maximum atomic E-state index is 13.5. The van der Waals surface area contributed by atoms with Crippen molar-refractivity contribution in [1.82, 2.24) is 9.91 Å². The number of nitrogens with zero attached hydrogens (tertiary/aromatic N) is 3. The van der Waals surface area contributed by atoms with Crippen molar-refractivity contribution in [1.29, 1.82) is 0 Å². The van der Waals surface area contributed by atoms with Gasteiger partial charge in [-0.3, -0.25) is 14.5 Å². The van der Waals surface area contributed by atoms with Crippen molar-refractivity contribution in [2.75, 3.05) is 19.7 Å². The molecule has 0 saturated carbocycles. The number of amides is 1. The molecule has 1 amide bonds. The molecule has 1 fully saturated rings. The first-order valence-corrected chi connectivity index (χ1v) is 11.6. The number of aryl methyl sites for hydroxylation is 1. The Balaban J connectivity index is 1.59. The van der Waals surface area contributed by atoms with Gasteiger partial charge in [-0.25, -0.2) is 9.40 Å². The molecule has 1 saturated heterocycles. The fraction of sp³-hybridized carbons (Fsp3) is 0.423. The molecule has 2 heterocycles. The molecule has 174 valence electrons. The fourth-order valence-electron chi connectivity index (χ4n) is 4.62. The van der Waals surface area contributed by atoms with Gasteiger partial charge >= 0.3 is 5.97 Å². The van der Waals surface area contributed by atoms with Crippen molar-refractivity contribution < 1.29 is 18.7 Å². The minimum Gasteiger partial charge on any atom is -0.465 e. The molecule has 0 N–H and O–H groups in total. The van der Waals surface area contributed by atoms with Crippen LogP contribution in [0.5, 0.6) is 0 Å². The third-order valence-corrected chi connectivity index (χ3v) is 6.28. The maximum absolute atomic E-state index is 13.5. The van der Waals surface area contributed by atoms with Crippen molar-refractivity contribution in [3.8, 4) is 0 Å². The zero-order chi connectivity index (χ0) is 23.4. The Labute approximate surface area is 194 Å². The minimum absolute atomic E-state index is 0.0891. The summed E-state index contributed by atoms with van der Waals surface area (Å²) in [6.07, 6.45) is 3.10. The van der Waals surface area contributed by atoms with Gasteiger partial charge in [0.15, 0.2) is 0 Å². The van der Waals surface area contributed by atoms with Crippen LogP contribution in [-0.4, -0.2) is 53.2 Å². The van der Waals surface area contributed by atoms with Crippen molar-refractivity contribution in [3.05, 3.63) is 71.0 Å². The van der Waals surface area contributed by atoms with E-state index in [2.05, 4.69) is 6.07 Å². The van der Waals surface area contributed by atoms with Gasteiger partial charge in [-0.2, -0.15) is 5.10 Å². The van der Waals surface area contributed by atoms with Crippen LogP contribution in [0.25, 0.3) is 0 Å². The summed E-state index contributed by atoms with van der Waals surface area (Å²) in [7, 11) is 0. The molecule has 2 aliphatic heterocycles. The normalized spacial score (nSPS) is 21.1. The SMILES string of the molecule is CCOC(=O)C1CCCCN1CC(=O)N1N=C(c2cccc(C)c2)CC1c1ccc(F)cc1. The van der Waals surface area contributed by atoms with Gasteiger partial charge < -0.3 is 4.74 Å². The lowest BCUT2D eigenvalue weighted by atomic mass is 9.97. The van der Waals surface area contributed by atoms with E-state index in [0.29, 0.717) is 26.0 Å². The van der Waals surface area contributed by atoms with Crippen LogP contribution >= 0.6 is 0 Å². The molecule has 2 atom stereocenters. The van der Waals surface area contributed by atoms with Gasteiger partial charge in [-0.05, 0) is 56.5 Å². The first-order chi connectivity index (χ1) is 16.0. The molecule has 4 rings (SSSR count). The molecule has 0 aromatic heterocycles. The van der Waals surface area contributed by atoms with E-state index in [-0.39, 0.29) is 30.3 Å². The molecule has 0 bridgehead atoms. The van der Waals surface area contributed by atoms with E-state index in [1.165, 1.54) is 17.1 Å². The number of halogens is 1. The number of benzene rings is 2. The molecule has 7 heteroatoms. The lowest BCUT2D eigenvalue weighted by Crippen LogP contribution is -2.49. The van der Waals surface area contributed by atoms with Crippen molar-refractivity contribution in [2.24, 2.45) is 5.10 Å². The summed E-state index contributed by atoms with van der Waals surface area (Å²) in [5.74, 6) is -0.770. The molecular weight excluding hydrogens is 421 g/mol. The van der Waals surface area contributed by atoms with Crippen LogP contribution in [0.4, 0.5) is 4.39 Å². The number of rotatable bonds is 6. The number of ether oxygens (including phenoxy) is 1. The number of hydrogen-bond donors (Lipinski definition) is 0. The highest BCUT2D eigenvalue weighted by atomic mass is 19.1. The smallest absolute Gasteiger partial charge is 0.323 e. The van der Waals surface area contributed by atoms with E-state index in [1.807, 2.05) is 30.0 Å². The van der Waals surface area contributed by atoms with Gasteiger partial charge in [0.1, 0.15) is 11.9 Å². The van der Waals surface area contributed by atoms with E-state index >= 15 is 0 Å². The quantitative estimate of drug-likeness (QED) is 0.617. The third-order valence-electron chi connectivity index (χ3n) is 6.28. The Bertz CT molecular complexity index is 1040. The number of likely N-dealkylation sites (tertiary alicyclic amines) is 1. The lowest BCUT2D eigenvalue weighted by molar-refractivity contribution is -0.152. The first-order valence-electron chi connectivity index (χ1n) is 11.6. The maximum Gasteiger partial charge on any atom is 0.323 e. The van der Waals surface area contributed by atoms with Gasteiger partial charge in [0.2, 0.25) is 0 Å². The Morgan fingerprint density at radius 2 is 1.94 bits per heavy atom. The molecular formula is C26H30FN3O3. The van der Waals surface area contributed by atoms with Crippen molar-refractivity contribution in [2.45, 2.75) is 51.6 Å². The second-order valence-corrected chi connectivity index (χ2v) is 8.66. The molecule has 2 aromatic carbocycles. The van der Waals surface area contributed by atoms with Gasteiger partial charge in [-0.1, -0.05) is 48.4 Å². The van der Waals surface area contributed by atoms with Gasteiger partial charge in [0.05, 0.1) is 24.9 Å². The molecule has 0 aliphatic carbocycles. The van der Waals surface area contributed by atoms with Gasteiger partial charge in [0.25, 0.3) is 5.91 Å². The average molecular weight is 452 g/mol. The highest BCUT2D eigenvalue weighted by Crippen LogP contribution is 2.33. The zero-order valence-corrected chi connectivity index (χ0v) is 19.2. The van der Waals surface area contributed by atoms with E-state index in [4.69, 9.17) is 9.84 Å². The van der Waals surface area contributed by atoms with E-state index in [9.17, 15) is 14.0 Å². The number of carbonyl (C=O) groups excluding carboxylic acids is 2. The summed E-state index contributed by atoms with van der Waals surface area (Å²) in [5, 5.41) is 6.23. The number of hydrazone groups is 1. The van der Waals surface area contributed by atoms with Crippen LogP contribution in [-0.2, 0) is 14.3 Å². The Morgan fingerprint density at radius 3 is 2.67 bits per heavy atom. The molecule has 0 spiro atoms. The Kier molecular flexibility index (Phi) is 7.18. The Hall–Kier alpha value is -3.06. The Morgan fingerprint density at radius 1 is 1.15 bits per heavy atom. The van der Waals surface area contributed by atoms with Crippen LogP contribution in [0.2, 0.25) is 0 Å². The predicted molar refractivity (Wildman–Crippen MR) is 124 cm³/mol. The first kappa shape index (κ1) is 23.1. The van der Waals surface area contributed by atoms with Gasteiger partial charge in [0, 0.05) is 6.42 Å². The average Bonchev–Trinajstić information content (AvgIpc) is 3.26. The summed E-state index contributed by atoms with van der Waals surface area (Å²) in [6, 6.07) is 13.5. The largest absolute Gasteiger partial charge is 0.465 e. The third kappa shape index (κ3) is 5.30. The molecule has 2 aliphatic rings. The van der Waals surface area contributed by atoms with E-state index in [1.54, 1.807) is 19.1 Å². The summed E-state index contributed by atoms with van der Waals surface area (Å²) in [6.45, 7) is 4.88. The molecule has 2 aromatic rings. The standard InChI is InChI=1S/C26H30FN3O3/c1-3-33-26(32)23-9-4-5-14-29(23)17-25(31)30-24(19-10-12-21(27)13-11-19)16-22(28-30)20-8-6-7-18(2)15-20/h6-8,10-13,15,23-24H,3-5,9,14,16-17H2,1-2H3. The van der Waals surface area contributed by atoms with Gasteiger partial charge in [-0.15, -0.1) is 0 Å². The number of carbonyl (C=O) groups is 2.